The molecule has 2 N–H and O–H groups in total. The number of nitrogen functional groups attached to an aromatic ring is 1. The van der Waals surface area contributed by atoms with Crippen molar-refractivity contribution in [1.29, 1.82) is 5.26 Å². The fourth-order valence-corrected chi connectivity index (χ4v) is 3.83. The number of amidine groups is 1. The van der Waals surface area contributed by atoms with Gasteiger partial charge in [-0.05, 0) is 36.4 Å². The molecular formula is C27H21N7O5. The predicted molar refractivity (Wildman–Crippen MR) is 141 cm³/mol. The van der Waals surface area contributed by atoms with E-state index in [1.54, 1.807) is 42.5 Å². The summed E-state index contributed by atoms with van der Waals surface area (Å²) in [4.78, 5) is 25.7. The van der Waals surface area contributed by atoms with E-state index in [0.29, 0.717) is 18.0 Å². The van der Waals surface area contributed by atoms with Gasteiger partial charge in [-0.2, -0.15) is 15.2 Å². The quantitative estimate of drug-likeness (QED) is 0.248. The first kappa shape index (κ1) is 25.0. The number of aliphatic imine (C=N–C) groups is 1. The SMILES string of the molecule is CN1CCN=C1c1cccc(Oc2nc(N)c([N+](=O)[O-])c(Oc3cc(C#N)ccc3Oc3ccccc3)n2)c1. The van der Waals surface area contributed by atoms with Gasteiger partial charge in [0.2, 0.25) is 5.82 Å². The van der Waals surface area contributed by atoms with Gasteiger partial charge in [0.15, 0.2) is 11.5 Å². The minimum Gasteiger partial charge on any atom is -0.453 e. The number of rotatable bonds is 8. The van der Waals surface area contributed by atoms with Gasteiger partial charge in [-0.25, -0.2) is 0 Å². The Morgan fingerprint density at radius 2 is 1.77 bits per heavy atom. The Morgan fingerprint density at radius 3 is 2.49 bits per heavy atom. The summed E-state index contributed by atoms with van der Waals surface area (Å²) in [5.41, 5.74) is 6.34. The van der Waals surface area contributed by atoms with Gasteiger partial charge in [0.1, 0.15) is 17.3 Å². The van der Waals surface area contributed by atoms with Gasteiger partial charge in [0, 0.05) is 25.2 Å². The molecule has 5 rings (SSSR count). The summed E-state index contributed by atoms with van der Waals surface area (Å²) in [6.45, 7) is 1.51. The molecule has 3 aromatic carbocycles. The van der Waals surface area contributed by atoms with E-state index in [2.05, 4.69) is 15.0 Å². The van der Waals surface area contributed by atoms with Gasteiger partial charge in [0.25, 0.3) is 0 Å². The fraction of sp³-hybridized carbons (Fsp3) is 0.111. The van der Waals surface area contributed by atoms with Crippen LogP contribution in [0.2, 0.25) is 0 Å². The van der Waals surface area contributed by atoms with Gasteiger partial charge in [-0.1, -0.05) is 30.3 Å². The van der Waals surface area contributed by atoms with Crippen LogP contribution in [0.25, 0.3) is 0 Å². The van der Waals surface area contributed by atoms with Crippen LogP contribution in [0.15, 0.2) is 77.8 Å². The minimum absolute atomic E-state index is 0.00864. The fourth-order valence-electron chi connectivity index (χ4n) is 3.83. The number of para-hydroxylation sites is 1. The molecule has 0 spiro atoms. The second-order valence-corrected chi connectivity index (χ2v) is 8.35. The molecule has 1 aliphatic rings. The number of ether oxygens (including phenoxy) is 3. The highest BCUT2D eigenvalue weighted by molar-refractivity contribution is 5.99. The van der Waals surface area contributed by atoms with Crippen molar-refractivity contribution in [3.8, 4) is 41.0 Å². The number of nitrogens with two attached hydrogens (primary N) is 1. The third-order valence-electron chi connectivity index (χ3n) is 5.65. The molecule has 2 heterocycles. The predicted octanol–water partition coefficient (Wildman–Crippen LogP) is 4.91. The van der Waals surface area contributed by atoms with Crippen LogP contribution >= 0.6 is 0 Å². The van der Waals surface area contributed by atoms with Crippen LogP contribution in [0, 0.1) is 21.4 Å². The Kier molecular flexibility index (Phi) is 6.87. The summed E-state index contributed by atoms with van der Waals surface area (Å²) in [6.07, 6.45) is 0. The first-order valence-corrected chi connectivity index (χ1v) is 11.7. The molecule has 0 unspecified atom stereocenters. The number of hydrogen-bond donors (Lipinski definition) is 1. The number of hydrogen-bond acceptors (Lipinski definition) is 11. The Labute approximate surface area is 222 Å². The Hall–Kier alpha value is -5.70. The number of nitrogens with zero attached hydrogens (tertiary/aromatic N) is 6. The lowest BCUT2D eigenvalue weighted by Crippen LogP contribution is -2.23. The number of likely N-dealkylation sites (N-methyl/N-ethyl adjacent to an activating group) is 1. The van der Waals surface area contributed by atoms with Gasteiger partial charge in [-0.15, -0.1) is 0 Å². The summed E-state index contributed by atoms with van der Waals surface area (Å²) >= 11 is 0. The molecule has 0 saturated heterocycles. The van der Waals surface area contributed by atoms with Crippen molar-refractivity contribution in [2.24, 2.45) is 4.99 Å². The molecule has 194 valence electrons. The lowest BCUT2D eigenvalue weighted by molar-refractivity contribution is -0.385. The largest absolute Gasteiger partial charge is 0.453 e. The van der Waals surface area contributed by atoms with Crippen LogP contribution in [0.5, 0.6) is 34.9 Å². The summed E-state index contributed by atoms with van der Waals surface area (Å²) in [6, 6.07) is 22.1. The zero-order valence-electron chi connectivity index (χ0n) is 20.6. The van der Waals surface area contributed by atoms with Crippen molar-refractivity contribution < 1.29 is 19.1 Å². The topological polar surface area (TPSA) is 162 Å². The first-order valence-electron chi connectivity index (χ1n) is 11.7. The summed E-state index contributed by atoms with van der Waals surface area (Å²) < 4.78 is 17.5. The van der Waals surface area contributed by atoms with Crippen LogP contribution in [0.1, 0.15) is 11.1 Å². The minimum atomic E-state index is -0.755. The van der Waals surface area contributed by atoms with E-state index in [4.69, 9.17) is 19.9 Å². The van der Waals surface area contributed by atoms with Crippen LogP contribution in [0.4, 0.5) is 11.5 Å². The number of benzene rings is 3. The molecule has 0 radical (unpaired) electrons. The maximum absolute atomic E-state index is 11.8. The van der Waals surface area contributed by atoms with Crippen LogP contribution in [-0.2, 0) is 0 Å². The van der Waals surface area contributed by atoms with E-state index in [0.717, 1.165) is 17.9 Å². The molecule has 12 nitrogen and oxygen atoms in total. The molecular weight excluding hydrogens is 502 g/mol. The van der Waals surface area contributed by atoms with Crippen LogP contribution in [0.3, 0.4) is 0 Å². The average molecular weight is 524 g/mol. The number of nitro groups is 1. The smallest absolute Gasteiger partial charge is 0.373 e. The van der Waals surface area contributed by atoms with E-state index in [9.17, 15) is 15.4 Å². The average Bonchev–Trinajstić information content (AvgIpc) is 3.36. The lowest BCUT2D eigenvalue weighted by Gasteiger charge is -2.15. The first-order chi connectivity index (χ1) is 18.9. The van der Waals surface area contributed by atoms with Crippen LogP contribution in [-0.4, -0.2) is 45.8 Å². The molecule has 1 aliphatic heterocycles. The van der Waals surface area contributed by atoms with E-state index in [-0.39, 0.29) is 23.1 Å². The van der Waals surface area contributed by atoms with Crippen molar-refractivity contribution in [2.75, 3.05) is 25.9 Å². The van der Waals surface area contributed by atoms with E-state index in [1.165, 1.54) is 18.2 Å². The monoisotopic (exact) mass is 523 g/mol. The maximum Gasteiger partial charge on any atom is 0.373 e. The molecule has 39 heavy (non-hydrogen) atoms. The standard InChI is InChI=1S/C27H21N7O5/c1-33-13-12-30-25(33)18-6-5-9-20(15-18)38-27-31-24(29)23(34(35)36)26(32-27)39-22-14-17(16-28)10-11-21(22)37-19-7-3-2-4-8-19/h2-11,14-15H,12-13H2,1H3,(H2,29,31,32). The van der Waals surface area contributed by atoms with Crippen LogP contribution < -0.4 is 19.9 Å². The zero-order valence-corrected chi connectivity index (χ0v) is 20.6. The second-order valence-electron chi connectivity index (χ2n) is 8.35. The third-order valence-corrected chi connectivity index (χ3v) is 5.65. The second kappa shape index (κ2) is 10.7. The zero-order chi connectivity index (χ0) is 27.4. The summed E-state index contributed by atoms with van der Waals surface area (Å²) in [5, 5.41) is 21.2. The van der Waals surface area contributed by atoms with Crippen molar-refractivity contribution >= 4 is 17.3 Å². The van der Waals surface area contributed by atoms with Gasteiger partial charge < -0.3 is 24.8 Å². The highest BCUT2D eigenvalue weighted by Gasteiger charge is 2.27. The Bertz CT molecular complexity index is 1620. The molecule has 0 atom stereocenters. The van der Waals surface area contributed by atoms with E-state index < -0.39 is 22.3 Å². The van der Waals surface area contributed by atoms with Crippen molar-refractivity contribution in [1.82, 2.24) is 14.9 Å². The number of nitriles is 1. The molecule has 0 fully saturated rings. The van der Waals surface area contributed by atoms with Gasteiger partial charge in [-0.3, -0.25) is 15.1 Å². The molecule has 0 saturated carbocycles. The molecule has 1 aromatic heterocycles. The Balaban J connectivity index is 1.50. The lowest BCUT2D eigenvalue weighted by atomic mass is 10.2. The molecule has 0 aliphatic carbocycles. The van der Waals surface area contributed by atoms with Crippen molar-refractivity contribution in [3.63, 3.8) is 0 Å². The van der Waals surface area contributed by atoms with Crippen molar-refractivity contribution in [2.45, 2.75) is 0 Å². The molecule has 12 heteroatoms. The number of anilines is 1. The summed E-state index contributed by atoms with van der Waals surface area (Å²) in [7, 11) is 1.94. The van der Waals surface area contributed by atoms with Gasteiger partial charge >= 0.3 is 17.6 Å². The highest BCUT2D eigenvalue weighted by atomic mass is 16.6. The third kappa shape index (κ3) is 5.52. The molecule has 0 amide bonds. The van der Waals surface area contributed by atoms with Crippen molar-refractivity contribution in [3.05, 3.63) is 94.0 Å². The number of aromatic nitrogens is 2. The molecule has 4 aromatic rings. The molecule has 0 bridgehead atoms. The highest BCUT2D eigenvalue weighted by Crippen LogP contribution is 2.40. The summed E-state index contributed by atoms with van der Waals surface area (Å²) in [5.74, 6) is 0.943. The Morgan fingerprint density at radius 1 is 0.974 bits per heavy atom. The normalized spacial score (nSPS) is 12.4. The van der Waals surface area contributed by atoms with Gasteiger partial charge in [0.05, 0.1) is 23.1 Å². The maximum atomic E-state index is 11.8. The van der Waals surface area contributed by atoms with E-state index >= 15 is 0 Å². The van der Waals surface area contributed by atoms with E-state index in [1.807, 2.05) is 30.1 Å².